The molecule has 0 aliphatic heterocycles. The summed E-state index contributed by atoms with van der Waals surface area (Å²) in [5, 5.41) is 12.6. The second-order valence-corrected chi connectivity index (χ2v) is 3.93. The third-order valence-corrected chi connectivity index (χ3v) is 2.44. The standard InChI is InChI=1S/C10H16N4O/c15-10(12-5-8-1-2-8)7-11-6-9-3-4-13-14-9/h3-4,8,11H,1-2,5-7H2,(H,12,15)(H,13,14). The first-order valence-corrected chi connectivity index (χ1v) is 5.30. The summed E-state index contributed by atoms with van der Waals surface area (Å²) >= 11 is 0. The van der Waals surface area contributed by atoms with E-state index < -0.39 is 0 Å². The number of carbonyl (C=O) groups is 1. The maximum atomic E-state index is 11.3. The van der Waals surface area contributed by atoms with Crippen LogP contribution in [0.4, 0.5) is 0 Å². The number of carbonyl (C=O) groups excluding carboxylic acids is 1. The van der Waals surface area contributed by atoms with Crippen LogP contribution in [0.5, 0.6) is 0 Å². The average Bonchev–Trinajstić information content (AvgIpc) is 2.92. The molecule has 0 radical (unpaired) electrons. The molecule has 5 heteroatoms. The molecule has 1 aromatic rings. The van der Waals surface area contributed by atoms with Crippen molar-refractivity contribution in [2.75, 3.05) is 13.1 Å². The summed E-state index contributed by atoms with van der Waals surface area (Å²) in [6.07, 6.45) is 4.23. The third kappa shape index (κ3) is 3.71. The van der Waals surface area contributed by atoms with Gasteiger partial charge in [0.25, 0.3) is 0 Å². The van der Waals surface area contributed by atoms with Crippen molar-refractivity contribution in [1.82, 2.24) is 20.8 Å². The Bertz CT molecular complexity index is 305. The van der Waals surface area contributed by atoms with Crippen molar-refractivity contribution < 1.29 is 4.79 Å². The molecule has 0 unspecified atom stereocenters. The molecule has 0 bridgehead atoms. The zero-order valence-corrected chi connectivity index (χ0v) is 8.62. The number of hydrogen-bond acceptors (Lipinski definition) is 3. The van der Waals surface area contributed by atoms with Gasteiger partial charge in [-0.1, -0.05) is 0 Å². The zero-order valence-electron chi connectivity index (χ0n) is 8.62. The number of nitrogens with zero attached hydrogens (tertiary/aromatic N) is 1. The zero-order chi connectivity index (χ0) is 10.5. The fourth-order valence-corrected chi connectivity index (χ4v) is 1.34. The van der Waals surface area contributed by atoms with Crippen LogP contribution in [0.25, 0.3) is 0 Å². The van der Waals surface area contributed by atoms with Gasteiger partial charge in [-0.3, -0.25) is 9.89 Å². The molecule has 0 aromatic carbocycles. The Morgan fingerprint density at radius 3 is 3.13 bits per heavy atom. The van der Waals surface area contributed by atoms with Gasteiger partial charge in [0, 0.05) is 25.0 Å². The Morgan fingerprint density at radius 2 is 2.47 bits per heavy atom. The largest absolute Gasteiger partial charge is 0.355 e. The molecule has 3 N–H and O–H groups in total. The molecule has 1 aromatic heterocycles. The van der Waals surface area contributed by atoms with Crippen LogP contribution >= 0.6 is 0 Å². The minimum Gasteiger partial charge on any atom is -0.355 e. The number of amides is 1. The lowest BCUT2D eigenvalue weighted by Gasteiger charge is -2.04. The molecular weight excluding hydrogens is 192 g/mol. The van der Waals surface area contributed by atoms with E-state index in [0.29, 0.717) is 13.1 Å². The normalized spacial score (nSPS) is 15.2. The highest BCUT2D eigenvalue weighted by atomic mass is 16.1. The molecule has 1 amide bonds. The van der Waals surface area contributed by atoms with Crippen molar-refractivity contribution in [2.45, 2.75) is 19.4 Å². The van der Waals surface area contributed by atoms with E-state index in [1.165, 1.54) is 12.8 Å². The number of H-pyrrole nitrogens is 1. The summed E-state index contributed by atoms with van der Waals surface area (Å²) in [5.74, 6) is 0.808. The number of rotatable bonds is 6. The van der Waals surface area contributed by atoms with Crippen LogP contribution in [-0.2, 0) is 11.3 Å². The number of nitrogens with one attached hydrogen (secondary N) is 3. The van der Waals surface area contributed by atoms with Crippen molar-refractivity contribution >= 4 is 5.91 Å². The molecule has 0 saturated heterocycles. The third-order valence-electron chi connectivity index (χ3n) is 2.44. The molecule has 1 aliphatic rings. The number of aromatic nitrogens is 2. The summed E-state index contributed by atoms with van der Waals surface area (Å²) < 4.78 is 0. The van der Waals surface area contributed by atoms with Gasteiger partial charge in [-0.05, 0) is 24.8 Å². The van der Waals surface area contributed by atoms with E-state index in [9.17, 15) is 4.79 Å². The van der Waals surface area contributed by atoms with E-state index in [2.05, 4.69) is 20.8 Å². The molecule has 1 fully saturated rings. The van der Waals surface area contributed by atoms with Crippen LogP contribution in [0.2, 0.25) is 0 Å². The maximum absolute atomic E-state index is 11.3. The molecule has 0 atom stereocenters. The molecular formula is C10H16N4O. The topological polar surface area (TPSA) is 69.8 Å². The molecule has 2 rings (SSSR count). The smallest absolute Gasteiger partial charge is 0.233 e. The molecule has 1 heterocycles. The van der Waals surface area contributed by atoms with Crippen molar-refractivity contribution in [3.8, 4) is 0 Å². The SMILES string of the molecule is O=C(CNCc1ccn[nH]1)NCC1CC1. The number of hydrogen-bond donors (Lipinski definition) is 3. The molecule has 82 valence electrons. The quantitative estimate of drug-likeness (QED) is 0.617. The van der Waals surface area contributed by atoms with E-state index in [-0.39, 0.29) is 5.91 Å². The highest BCUT2D eigenvalue weighted by molar-refractivity contribution is 5.77. The molecule has 15 heavy (non-hydrogen) atoms. The minimum atomic E-state index is 0.0708. The van der Waals surface area contributed by atoms with Gasteiger partial charge in [0.15, 0.2) is 0 Å². The summed E-state index contributed by atoms with van der Waals surface area (Å²) in [7, 11) is 0. The molecule has 0 spiro atoms. The van der Waals surface area contributed by atoms with Crippen LogP contribution in [0.1, 0.15) is 18.5 Å². The van der Waals surface area contributed by atoms with Crippen molar-refractivity contribution in [3.63, 3.8) is 0 Å². The summed E-state index contributed by atoms with van der Waals surface area (Å²) in [6, 6.07) is 1.88. The van der Waals surface area contributed by atoms with Crippen LogP contribution in [0.15, 0.2) is 12.3 Å². The average molecular weight is 208 g/mol. The first kappa shape index (κ1) is 10.2. The van der Waals surface area contributed by atoms with E-state index in [0.717, 1.165) is 18.2 Å². The lowest BCUT2D eigenvalue weighted by atomic mass is 10.4. The maximum Gasteiger partial charge on any atom is 0.233 e. The predicted octanol–water partition coefficient (Wildman–Crippen LogP) is 0.0255. The molecule has 1 aliphatic carbocycles. The van der Waals surface area contributed by atoms with E-state index >= 15 is 0 Å². The van der Waals surface area contributed by atoms with Crippen molar-refractivity contribution in [3.05, 3.63) is 18.0 Å². The van der Waals surface area contributed by atoms with Crippen LogP contribution in [-0.4, -0.2) is 29.2 Å². The summed E-state index contributed by atoms with van der Waals surface area (Å²) in [6.45, 7) is 1.85. The van der Waals surface area contributed by atoms with Crippen LogP contribution in [0.3, 0.4) is 0 Å². The van der Waals surface area contributed by atoms with E-state index in [1.807, 2.05) is 6.07 Å². The van der Waals surface area contributed by atoms with Crippen molar-refractivity contribution in [1.29, 1.82) is 0 Å². The Morgan fingerprint density at radius 1 is 1.60 bits per heavy atom. The second kappa shape index (κ2) is 4.93. The van der Waals surface area contributed by atoms with Gasteiger partial charge in [0.1, 0.15) is 0 Å². The monoisotopic (exact) mass is 208 g/mol. The Kier molecular flexibility index (Phi) is 3.34. The first-order valence-electron chi connectivity index (χ1n) is 5.30. The second-order valence-electron chi connectivity index (χ2n) is 3.93. The van der Waals surface area contributed by atoms with Gasteiger partial charge in [-0.2, -0.15) is 5.10 Å². The molecule has 1 saturated carbocycles. The van der Waals surface area contributed by atoms with Gasteiger partial charge >= 0.3 is 0 Å². The van der Waals surface area contributed by atoms with Gasteiger partial charge in [0.05, 0.1) is 6.54 Å². The lowest BCUT2D eigenvalue weighted by molar-refractivity contribution is -0.120. The van der Waals surface area contributed by atoms with Gasteiger partial charge in [0.2, 0.25) is 5.91 Å². The number of aromatic amines is 1. The van der Waals surface area contributed by atoms with Gasteiger partial charge in [-0.25, -0.2) is 0 Å². The Balaban J connectivity index is 1.54. The predicted molar refractivity (Wildman–Crippen MR) is 56.0 cm³/mol. The fourth-order valence-electron chi connectivity index (χ4n) is 1.34. The minimum absolute atomic E-state index is 0.0708. The molecule has 5 nitrogen and oxygen atoms in total. The van der Waals surface area contributed by atoms with Gasteiger partial charge in [-0.15, -0.1) is 0 Å². The summed E-state index contributed by atoms with van der Waals surface area (Å²) in [4.78, 5) is 11.3. The van der Waals surface area contributed by atoms with Crippen LogP contribution in [0, 0.1) is 5.92 Å². The Hall–Kier alpha value is -1.36. The lowest BCUT2D eigenvalue weighted by Crippen LogP contribution is -2.34. The van der Waals surface area contributed by atoms with E-state index in [4.69, 9.17) is 0 Å². The highest BCUT2D eigenvalue weighted by Gasteiger charge is 2.21. The fraction of sp³-hybridized carbons (Fsp3) is 0.600. The van der Waals surface area contributed by atoms with E-state index in [1.54, 1.807) is 6.20 Å². The summed E-state index contributed by atoms with van der Waals surface area (Å²) in [5.41, 5.74) is 0.991. The first-order chi connectivity index (χ1) is 7.34. The highest BCUT2D eigenvalue weighted by Crippen LogP contribution is 2.27. The van der Waals surface area contributed by atoms with Crippen LogP contribution < -0.4 is 10.6 Å². The van der Waals surface area contributed by atoms with Crippen molar-refractivity contribution in [2.24, 2.45) is 5.92 Å². The Labute approximate surface area is 88.6 Å². The van der Waals surface area contributed by atoms with Gasteiger partial charge < -0.3 is 10.6 Å².